The van der Waals surface area contributed by atoms with Crippen molar-refractivity contribution in [1.29, 1.82) is 0 Å². The molecule has 142 valence electrons. The van der Waals surface area contributed by atoms with Crippen molar-refractivity contribution in [3.8, 4) is 0 Å². The average molecular weight is 411 g/mol. The van der Waals surface area contributed by atoms with Crippen LogP contribution in [0.1, 0.15) is 32.1 Å². The number of thiophene rings is 1. The fourth-order valence-corrected chi connectivity index (χ4v) is 4.25. The van der Waals surface area contributed by atoms with Gasteiger partial charge < -0.3 is 9.32 Å². The van der Waals surface area contributed by atoms with E-state index in [1.165, 1.54) is 11.8 Å². The van der Waals surface area contributed by atoms with Gasteiger partial charge in [0, 0.05) is 22.4 Å². The van der Waals surface area contributed by atoms with Crippen molar-refractivity contribution in [3.05, 3.63) is 86.6 Å². The minimum atomic E-state index is -0.171. The normalized spacial score (nSPS) is 11.1. The van der Waals surface area contributed by atoms with E-state index < -0.39 is 0 Å². The monoisotopic (exact) mass is 410 g/mol. The van der Waals surface area contributed by atoms with E-state index in [2.05, 4.69) is 24.0 Å². The molecule has 4 rings (SSSR count). The highest BCUT2D eigenvalue weighted by Gasteiger charge is 2.21. The van der Waals surface area contributed by atoms with Crippen molar-refractivity contribution < 1.29 is 9.21 Å². The summed E-state index contributed by atoms with van der Waals surface area (Å²) in [7, 11) is 0. The molecule has 0 aliphatic carbocycles. The van der Waals surface area contributed by atoms with Gasteiger partial charge in [-0.25, -0.2) is 4.98 Å². The molecule has 6 heteroatoms. The van der Waals surface area contributed by atoms with E-state index in [1.54, 1.807) is 28.4 Å². The molecule has 3 aromatic heterocycles. The Balaban J connectivity index is 1.71. The van der Waals surface area contributed by atoms with Crippen LogP contribution in [0.5, 0.6) is 0 Å². The summed E-state index contributed by atoms with van der Waals surface area (Å²) in [6, 6.07) is 13.6. The van der Waals surface area contributed by atoms with Crippen molar-refractivity contribution in [2.24, 2.45) is 0 Å². The second-order valence-corrected chi connectivity index (χ2v) is 8.20. The maximum atomic E-state index is 13.0. The first kappa shape index (κ1) is 18.7. The predicted molar refractivity (Wildman–Crippen MR) is 113 cm³/mol. The Morgan fingerprint density at radius 1 is 1.18 bits per heavy atom. The third-order valence-electron chi connectivity index (χ3n) is 4.59. The van der Waals surface area contributed by atoms with Gasteiger partial charge in [-0.1, -0.05) is 29.3 Å². The number of rotatable bonds is 5. The van der Waals surface area contributed by atoms with Gasteiger partial charge in [0.05, 0.1) is 18.3 Å². The van der Waals surface area contributed by atoms with Gasteiger partial charge in [-0.3, -0.25) is 4.79 Å². The first-order chi connectivity index (χ1) is 13.5. The Morgan fingerprint density at radius 2 is 2.04 bits per heavy atom. The molecule has 0 atom stereocenters. The summed E-state index contributed by atoms with van der Waals surface area (Å²) in [6.45, 7) is 4.93. The summed E-state index contributed by atoms with van der Waals surface area (Å²) < 4.78 is 5.33. The van der Waals surface area contributed by atoms with Gasteiger partial charge in [0.2, 0.25) is 0 Å². The van der Waals surface area contributed by atoms with Crippen LogP contribution in [0, 0.1) is 13.8 Å². The third kappa shape index (κ3) is 3.81. The lowest BCUT2D eigenvalue weighted by Gasteiger charge is -2.22. The largest absolute Gasteiger partial charge is 0.459 e. The highest BCUT2D eigenvalue weighted by molar-refractivity contribution is 7.09. The van der Waals surface area contributed by atoms with Crippen molar-refractivity contribution in [2.75, 3.05) is 0 Å². The highest BCUT2D eigenvalue weighted by atomic mass is 35.5. The molecule has 0 bridgehead atoms. The number of furan rings is 1. The standard InChI is InChI=1S/C22H19ClN2O2S/c1-14-9-15(2)20-16(10-14)11-17(21(23)24-20)12-25(13-18-5-4-8-28-18)22(26)19-6-3-7-27-19/h3-11H,12-13H2,1-2H3. The molecule has 0 unspecified atom stereocenters. The number of fused-ring (bicyclic) bond motifs is 1. The van der Waals surface area contributed by atoms with E-state index in [1.807, 2.05) is 30.5 Å². The van der Waals surface area contributed by atoms with E-state index in [-0.39, 0.29) is 5.91 Å². The summed E-state index contributed by atoms with van der Waals surface area (Å²) in [5.41, 5.74) is 3.96. The summed E-state index contributed by atoms with van der Waals surface area (Å²) in [6.07, 6.45) is 1.51. The number of carbonyl (C=O) groups is 1. The number of hydrogen-bond acceptors (Lipinski definition) is 4. The number of carbonyl (C=O) groups excluding carboxylic acids is 1. The van der Waals surface area contributed by atoms with Crippen molar-refractivity contribution >= 4 is 39.7 Å². The van der Waals surface area contributed by atoms with E-state index in [9.17, 15) is 4.79 Å². The molecule has 3 heterocycles. The first-order valence-electron chi connectivity index (χ1n) is 8.93. The van der Waals surface area contributed by atoms with Crippen molar-refractivity contribution in [1.82, 2.24) is 9.88 Å². The Bertz CT molecular complexity index is 1120. The topological polar surface area (TPSA) is 46.3 Å². The quantitative estimate of drug-likeness (QED) is 0.379. The molecule has 1 aromatic carbocycles. The maximum Gasteiger partial charge on any atom is 0.290 e. The number of nitrogens with zero attached hydrogens (tertiary/aromatic N) is 2. The van der Waals surface area contributed by atoms with Crippen LogP contribution in [-0.2, 0) is 13.1 Å². The van der Waals surface area contributed by atoms with Gasteiger partial charge in [-0.15, -0.1) is 11.3 Å². The molecule has 0 N–H and O–H groups in total. The number of halogens is 1. The van der Waals surface area contributed by atoms with Gasteiger partial charge >= 0.3 is 0 Å². The third-order valence-corrected chi connectivity index (χ3v) is 5.77. The molecular formula is C22H19ClN2O2S. The van der Waals surface area contributed by atoms with Gasteiger partial charge in [-0.2, -0.15) is 0 Å². The molecule has 4 aromatic rings. The molecule has 1 amide bonds. The number of aryl methyl sites for hydroxylation is 2. The van der Waals surface area contributed by atoms with Crippen LogP contribution < -0.4 is 0 Å². The fourth-order valence-electron chi connectivity index (χ4n) is 3.34. The molecular weight excluding hydrogens is 392 g/mol. The predicted octanol–water partition coefficient (Wildman–Crippen LogP) is 6.00. The second-order valence-electron chi connectivity index (χ2n) is 6.81. The Labute approximate surface area is 172 Å². The van der Waals surface area contributed by atoms with Gasteiger partial charge in [0.1, 0.15) is 5.15 Å². The number of hydrogen-bond donors (Lipinski definition) is 0. The lowest BCUT2D eigenvalue weighted by molar-refractivity contribution is 0.0699. The molecule has 0 aliphatic rings. The number of aromatic nitrogens is 1. The van der Waals surface area contributed by atoms with Crippen LogP contribution in [0.4, 0.5) is 0 Å². The number of benzene rings is 1. The van der Waals surface area contributed by atoms with Crippen LogP contribution in [0.3, 0.4) is 0 Å². The highest BCUT2D eigenvalue weighted by Crippen LogP contribution is 2.27. The summed E-state index contributed by atoms with van der Waals surface area (Å²) >= 11 is 8.11. The zero-order chi connectivity index (χ0) is 19.7. The van der Waals surface area contributed by atoms with Gasteiger partial charge in [0.15, 0.2) is 5.76 Å². The Morgan fingerprint density at radius 3 is 2.75 bits per heavy atom. The summed E-state index contributed by atoms with van der Waals surface area (Å²) in [4.78, 5) is 20.4. The Kier molecular flexibility index (Phi) is 5.20. The zero-order valence-corrected chi connectivity index (χ0v) is 17.2. The van der Waals surface area contributed by atoms with E-state index in [4.69, 9.17) is 16.0 Å². The number of pyridine rings is 1. The minimum Gasteiger partial charge on any atom is -0.459 e. The van der Waals surface area contributed by atoms with Gasteiger partial charge in [-0.05, 0) is 55.1 Å². The summed E-state index contributed by atoms with van der Waals surface area (Å²) in [5.74, 6) is 0.142. The van der Waals surface area contributed by atoms with Crippen LogP contribution in [0.25, 0.3) is 10.9 Å². The van der Waals surface area contributed by atoms with E-state index in [0.29, 0.717) is 24.0 Å². The maximum absolute atomic E-state index is 13.0. The zero-order valence-electron chi connectivity index (χ0n) is 15.6. The number of amides is 1. The average Bonchev–Trinajstić information content (AvgIpc) is 3.35. The van der Waals surface area contributed by atoms with Gasteiger partial charge in [0.25, 0.3) is 5.91 Å². The summed E-state index contributed by atoms with van der Waals surface area (Å²) in [5, 5.41) is 3.45. The lowest BCUT2D eigenvalue weighted by Crippen LogP contribution is -2.29. The van der Waals surface area contributed by atoms with Crippen LogP contribution in [-0.4, -0.2) is 15.8 Å². The molecule has 0 radical (unpaired) electrons. The molecule has 0 spiro atoms. The second kappa shape index (κ2) is 7.78. The molecule has 0 saturated carbocycles. The minimum absolute atomic E-state index is 0.171. The molecule has 28 heavy (non-hydrogen) atoms. The van der Waals surface area contributed by atoms with E-state index in [0.717, 1.165) is 26.9 Å². The molecule has 0 fully saturated rings. The molecule has 0 saturated heterocycles. The fraction of sp³-hybridized carbons (Fsp3) is 0.182. The molecule has 0 aliphatic heterocycles. The van der Waals surface area contributed by atoms with E-state index >= 15 is 0 Å². The van der Waals surface area contributed by atoms with Crippen LogP contribution >= 0.6 is 22.9 Å². The van der Waals surface area contributed by atoms with Crippen molar-refractivity contribution in [2.45, 2.75) is 26.9 Å². The molecule has 4 nitrogen and oxygen atoms in total. The van der Waals surface area contributed by atoms with Crippen molar-refractivity contribution in [3.63, 3.8) is 0 Å². The Hall–Kier alpha value is -2.63. The van der Waals surface area contributed by atoms with Crippen LogP contribution in [0.2, 0.25) is 5.15 Å². The smallest absolute Gasteiger partial charge is 0.290 e. The lowest BCUT2D eigenvalue weighted by atomic mass is 10.1. The first-order valence-corrected chi connectivity index (χ1v) is 10.2. The SMILES string of the molecule is Cc1cc(C)c2nc(Cl)c(CN(Cc3cccs3)C(=O)c3ccco3)cc2c1. The van der Waals surface area contributed by atoms with Crippen LogP contribution in [0.15, 0.2) is 58.5 Å².